The molecule has 4 rings (SSSR count). The molecule has 0 atom stereocenters. The predicted octanol–water partition coefficient (Wildman–Crippen LogP) is 6.17. The van der Waals surface area contributed by atoms with E-state index in [0.717, 1.165) is 12.1 Å². The number of hydrogen-bond acceptors (Lipinski definition) is 4. The van der Waals surface area contributed by atoms with Gasteiger partial charge in [0.1, 0.15) is 11.4 Å². The number of imide groups is 1. The number of nitrogens with zero attached hydrogens (tertiary/aromatic N) is 1. The van der Waals surface area contributed by atoms with Crippen LogP contribution in [0.4, 0.5) is 11.4 Å². The van der Waals surface area contributed by atoms with E-state index in [1.165, 1.54) is 10.5 Å². The Bertz CT molecular complexity index is 1220. The first kappa shape index (κ1) is 23.3. The van der Waals surface area contributed by atoms with Gasteiger partial charge in [-0.25, -0.2) is 4.90 Å². The van der Waals surface area contributed by atoms with Gasteiger partial charge in [-0.3, -0.25) is 9.59 Å². The Labute approximate surface area is 201 Å². The van der Waals surface area contributed by atoms with Crippen molar-refractivity contribution in [2.75, 3.05) is 16.8 Å². The van der Waals surface area contributed by atoms with Crippen molar-refractivity contribution in [2.45, 2.75) is 39.5 Å². The summed E-state index contributed by atoms with van der Waals surface area (Å²) in [7, 11) is 0. The lowest BCUT2D eigenvalue weighted by atomic mass is 9.87. The van der Waals surface area contributed by atoms with E-state index in [2.05, 4.69) is 26.1 Å². The molecule has 0 aromatic heterocycles. The van der Waals surface area contributed by atoms with Crippen LogP contribution in [-0.2, 0) is 15.0 Å². The second-order valence-electron chi connectivity index (χ2n) is 9.36. The van der Waals surface area contributed by atoms with Crippen molar-refractivity contribution < 1.29 is 14.3 Å². The standard InChI is InChI=1S/C29H30N2O3/c1-5-18-34-24-13-9-12-23(19-24)31-27(32)25(20-10-7-6-8-11-20)26(28(31)33)30-22-16-14-21(15-17-22)29(2,3)4/h6-17,19,30H,5,18H2,1-4H3. The molecule has 1 N–H and O–H groups in total. The van der Waals surface area contributed by atoms with E-state index in [1.807, 2.05) is 67.6 Å². The highest BCUT2D eigenvalue weighted by Gasteiger charge is 2.40. The second kappa shape index (κ2) is 9.56. The molecule has 1 aliphatic rings. The zero-order chi connectivity index (χ0) is 24.3. The average Bonchev–Trinajstić information content (AvgIpc) is 3.07. The number of anilines is 2. The lowest BCUT2D eigenvalue weighted by molar-refractivity contribution is -0.120. The molecule has 3 aromatic carbocycles. The fourth-order valence-corrected chi connectivity index (χ4v) is 3.88. The van der Waals surface area contributed by atoms with E-state index in [4.69, 9.17) is 4.74 Å². The summed E-state index contributed by atoms with van der Waals surface area (Å²) in [4.78, 5) is 28.4. The van der Waals surface area contributed by atoms with Gasteiger partial charge in [0, 0.05) is 11.8 Å². The summed E-state index contributed by atoms with van der Waals surface area (Å²) in [5.41, 5.74) is 3.75. The summed E-state index contributed by atoms with van der Waals surface area (Å²) >= 11 is 0. The molecule has 0 aliphatic carbocycles. The van der Waals surface area contributed by atoms with E-state index in [-0.39, 0.29) is 17.0 Å². The molecule has 0 unspecified atom stereocenters. The number of amides is 2. The smallest absolute Gasteiger partial charge is 0.282 e. The lowest BCUT2D eigenvalue weighted by Crippen LogP contribution is -2.32. The van der Waals surface area contributed by atoms with Crippen molar-refractivity contribution in [3.63, 3.8) is 0 Å². The van der Waals surface area contributed by atoms with Gasteiger partial charge in [0.25, 0.3) is 11.8 Å². The highest BCUT2D eigenvalue weighted by Crippen LogP contribution is 2.35. The average molecular weight is 455 g/mol. The van der Waals surface area contributed by atoms with Crippen LogP contribution in [-0.4, -0.2) is 18.4 Å². The summed E-state index contributed by atoms with van der Waals surface area (Å²) in [6.45, 7) is 9.05. The maximum atomic E-state index is 13.6. The summed E-state index contributed by atoms with van der Waals surface area (Å²) in [5.74, 6) is -0.130. The van der Waals surface area contributed by atoms with Gasteiger partial charge in [-0.1, -0.05) is 76.2 Å². The Hall–Kier alpha value is -3.86. The Morgan fingerprint density at radius 1 is 0.853 bits per heavy atom. The van der Waals surface area contributed by atoms with Crippen molar-refractivity contribution >= 4 is 28.8 Å². The SMILES string of the molecule is CCCOc1cccc(N2C(=O)C(Nc3ccc(C(C)(C)C)cc3)=C(c3ccccc3)C2=O)c1. The molecule has 0 saturated heterocycles. The number of ether oxygens (including phenoxy) is 1. The summed E-state index contributed by atoms with van der Waals surface area (Å²) in [5, 5.41) is 3.23. The zero-order valence-electron chi connectivity index (χ0n) is 20.1. The Morgan fingerprint density at radius 2 is 1.56 bits per heavy atom. The molecular formula is C29H30N2O3. The minimum atomic E-state index is -0.392. The molecule has 2 amide bonds. The van der Waals surface area contributed by atoms with Crippen molar-refractivity contribution in [1.82, 2.24) is 0 Å². The molecule has 0 spiro atoms. The van der Waals surface area contributed by atoms with Gasteiger partial charge in [0.05, 0.1) is 17.9 Å². The molecule has 174 valence electrons. The van der Waals surface area contributed by atoms with Gasteiger partial charge < -0.3 is 10.1 Å². The van der Waals surface area contributed by atoms with Crippen LogP contribution in [0.15, 0.2) is 84.6 Å². The number of hydrogen-bond donors (Lipinski definition) is 1. The van der Waals surface area contributed by atoms with E-state index < -0.39 is 5.91 Å². The summed E-state index contributed by atoms with van der Waals surface area (Å²) in [6.07, 6.45) is 0.869. The van der Waals surface area contributed by atoms with E-state index >= 15 is 0 Å². The third kappa shape index (κ3) is 4.74. The molecule has 5 nitrogen and oxygen atoms in total. The van der Waals surface area contributed by atoms with Crippen molar-refractivity contribution in [3.05, 3.63) is 95.7 Å². The Kier molecular flexibility index (Phi) is 6.55. The molecule has 0 saturated carbocycles. The first-order valence-electron chi connectivity index (χ1n) is 11.6. The maximum Gasteiger partial charge on any atom is 0.282 e. The third-order valence-corrected chi connectivity index (χ3v) is 5.72. The quantitative estimate of drug-likeness (QED) is 0.434. The minimum absolute atomic E-state index is 0.0216. The third-order valence-electron chi connectivity index (χ3n) is 5.72. The van der Waals surface area contributed by atoms with Crippen LogP contribution < -0.4 is 15.0 Å². The normalized spacial score (nSPS) is 14.1. The minimum Gasteiger partial charge on any atom is -0.494 e. The molecule has 1 heterocycles. The fourth-order valence-electron chi connectivity index (χ4n) is 3.88. The van der Waals surface area contributed by atoms with Crippen molar-refractivity contribution in [2.24, 2.45) is 0 Å². The molecule has 0 bridgehead atoms. The van der Waals surface area contributed by atoms with Crippen LogP contribution in [0.2, 0.25) is 0 Å². The van der Waals surface area contributed by atoms with Crippen LogP contribution in [0.25, 0.3) is 5.57 Å². The molecule has 34 heavy (non-hydrogen) atoms. The highest BCUT2D eigenvalue weighted by molar-refractivity contribution is 6.46. The Morgan fingerprint density at radius 3 is 2.21 bits per heavy atom. The zero-order valence-corrected chi connectivity index (χ0v) is 20.1. The van der Waals surface area contributed by atoms with Gasteiger partial charge in [-0.05, 0) is 47.2 Å². The number of nitrogens with one attached hydrogen (secondary N) is 1. The Balaban J connectivity index is 1.72. The fraction of sp³-hybridized carbons (Fsp3) is 0.241. The summed E-state index contributed by atoms with van der Waals surface area (Å²) in [6, 6.07) is 24.3. The van der Waals surface area contributed by atoms with Gasteiger partial charge >= 0.3 is 0 Å². The first-order chi connectivity index (χ1) is 16.3. The van der Waals surface area contributed by atoms with E-state index in [9.17, 15) is 9.59 Å². The number of benzene rings is 3. The van der Waals surface area contributed by atoms with Crippen LogP contribution >= 0.6 is 0 Å². The lowest BCUT2D eigenvalue weighted by Gasteiger charge is -2.19. The predicted molar refractivity (Wildman–Crippen MR) is 137 cm³/mol. The largest absolute Gasteiger partial charge is 0.494 e. The molecule has 5 heteroatoms. The molecule has 3 aromatic rings. The number of rotatable bonds is 7. The van der Waals surface area contributed by atoms with E-state index in [0.29, 0.717) is 29.2 Å². The topological polar surface area (TPSA) is 58.6 Å². The van der Waals surface area contributed by atoms with Crippen LogP contribution in [0.5, 0.6) is 5.75 Å². The van der Waals surface area contributed by atoms with Crippen LogP contribution in [0.1, 0.15) is 45.2 Å². The number of carbonyl (C=O) groups is 2. The molecular weight excluding hydrogens is 424 g/mol. The van der Waals surface area contributed by atoms with Gasteiger partial charge in [0.2, 0.25) is 0 Å². The van der Waals surface area contributed by atoms with Crippen molar-refractivity contribution in [3.8, 4) is 5.75 Å². The first-order valence-corrected chi connectivity index (χ1v) is 11.6. The molecule has 1 aliphatic heterocycles. The molecule has 0 fully saturated rings. The molecule has 0 radical (unpaired) electrons. The monoisotopic (exact) mass is 454 g/mol. The van der Waals surface area contributed by atoms with E-state index in [1.54, 1.807) is 18.2 Å². The highest BCUT2D eigenvalue weighted by atomic mass is 16.5. The van der Waals surface area contributed by atoms with Crippen LogP contribution in [0.3, 0.4) is 0 Å². The van der Waals surface area contributed by atoms with Crippen molar-refractivity contribution in [1.29, 1.82) is 0 Å². The number of carbonyl (C=O) groups excluding carboxylic acids is 2. The van der Waals surface area contributed by atoms with Gasteiger partial charge in [0.15, 0.2) is 0 Å². The van der Waals surface area contributed by atoms with Crippen LogP contribution in [0, 0.1) is 0 Å². The summed E-state index contributed by atoms with van der Waals surface area (Å²) < 4.78 is 5.72. The van der Waals surface area contributed by atoms with Gasteiger partial charge in [-0.2, -0.15) is 0 Å². The van der Waals surface area contributed by atoms with Gasteiger partial charge in [-0.15, -0.1) is 0 Å². The maximum absolute atomic E-state index is 13.6. The second-order valence-corrected chi connectivity index (χ2v) is 9.36.